The van der Waals surface area contributed by atoms with Crippen molar-refractivity contribution in [2.45, 2.75) is 6.92 Å². The van der Waals surface area contributed by atoms with Crippen LogP contribution in [0.15, 0.2) is 6.07 Å². The van der Waals surface area contributed by atoms with Crippen molar-refractivity contribution in [1.29, 1.82) is 0 Å². The van der Waals surface area contributed by atoms with Crippen LogP contribution < -0.4 is 4.90 Å². The number of fused-ring (bicyclic) bond motifs is 1. The Morgan fingerprint density at radius 1 is 1.50 bits per heavy atom. The lowest BCUT2D eigenvalue weighted by Gasteiger charge is -2.17. The molecule has 0 bridgehead atoms. The second-order valence-corrected chi connectivity index (χ2v) is 5.11. The van der Waals surface area contributed by atoms with Gasteiger partial charge in [-0.25, -0.2) is 4.98 Å². The van der Waals surface area contributed by atoms with E-state index in [9.17, 15) is 0 Å². The zero-order valence-electron chi connectivity index (χ0n) is 9.07. The van der Waals surface area contributed by atoms with Gasteiger partial charge in [-0.05, 0) is 24.6 Å². The average molecular weight is 258 g/mol. The average Bonchev–Trinajstić information content (AvgIpc) is 2.57. The molecule has 1 N–H and O–H groups in total. The monoisotopic (exact) mass is 257 g/mol. The van der Waals surface area contributed by atoms with Crippen LogP contribution in [0.25, 0.3) is 10.2 Å². The maximum Gasteiger partial charge on any atom is 0.225 e. The van der Waals surface area contributed by atoms with E-state index in [4.69, 9.17) is 16.7 Å². The largest absolute Gasteiger partial charge is 0.395 e. The van der Waals surface area contributed by atoms with Crippen LogP contribution in [0.2, 0.25) is 5.28 Å². The third-order valence-corrected chi connectivity index (χ3v) is 3.38. The first-order valence-corrected chi connectivity index (χ1v) is 6.07. The minimum atomic E-state index is 0.0860. The van der Waals surface area contributed by atoms with Crippen LogP contribution in [0, 0.1) is 6.92 Å². The number of likely N-dealkylation sites (N-methyl/N-ethyl adjacent to an activating group) is 1. The Morgan fingerprint density at radius 3 is 2.94 bits per heavy atom. The molecule has 0 radical (unpaired) electrons. The first kappa shape index (κ1) is 11.6. The summed E-state index contributed by atoms with van der Waals surface area (Å²) < 4.78 is 0. The molecule has 0 aliphatic carbocycles. The number of hydrogen-bond acceptors (Lipinski definition) is 5. The summed E-state index contributed by atoms with van der Waals surface area (Å²) in [5.74, 6) is 0.772. The molecule has 0 spiro atoms. The van der Waals surface area contributed by atoms with Crippen molar-refractivity contribution < 1.29 is 5.11 Å². The molecule has 6 heteroatoms. The zero-order valence-corrected chi connectivity index (χ0v) is 10.6. The smallest absolute Gasteiger partial charge is 0.225 e. The lowest BCUT2D eigenvalue weighted by atomic mass is 10.3. The van der Waals surface area contributed by atoms with E-state index in [0.717, 1.165) is 16.0 Å². The van der Waals surface area contributed by atoms with Gasteiger partial charge in [0, 0.05) is 18.5 Å². The third kappa shape index (κ3) is 2.11. The minimum absolute atomic E-state index is 0.0860. The fourth-order valence-electron chi connectivity index (χ4n) is 1.55. The summed E-state index contributed by atoms with van der Waals surface area (Å²) in [7, 11) is 1.88. The third-order valence-electron chi connectivity index (χ3n) is 2.27. The molecule has 2 rings (SSSR count). The quantitative estimate of drug-likeness (QED) is 0.856. The molecule has 0 saturated carbocycles. The number of aromatic nitrogens is 2. The van der Waals surface area contributed by atoms with Crippen molar-refractivity contribution in [3.8, 4) is 0 Å². The minimum Gasteiger partial charge on any atom is -0.395 e. The number of aliphatic hydroxyl groups is 1. The maximum absolute atomic E-state index is 8.93. The van der Waals surface area contributed by atoms with Crippen LogP contribution in [0.1, 0.15) is 4.88 Å². The van der Waals surface area contributed by atoms with Gasteiger partial charge in [0.2, 0.25) is 5.28 Å². The molecule has 0 aliphatic rings. The van der Waals surface area contributed by atoms with Crippen molar-refractivity contribution in [2.24, 2.45) is 0 Å². The molecule has 2 aromatic heterocycles. The Bertz CT molecular complexity index is 514. The Hall–Kier alpha value is -0.910. The summed E-state index contributed by atoms with van der Waals surface area (Å²) in [6, 6.07) is 2.04. The predicted molar refractivity (Wildman–Crippen MR) is 67.5 cm³/mol. The number of anilines is 1. The van der Waals surface area contributed by atoms with Crippen molar-refractivity contribution in [1.82, 2.24) is 9.97 Å². The Kier molecular flexibility index (Phi) is 3.28. The molecule has 0 atom stereocenters. The van der Waals surface area contributed by atoms with Crippen LogP contribution in [0.3, 0.4) is 0 Å². The number of rotatable bonds is 3. The molecule has 0 aromatic carbocycles. The van der Waals surface area contributed by atoms with Gasteiger partial charge in [-0.3, -0.25) is 0 Å². The standard InChI is InChI=1S/C10H12ClN3OS/c1-6-5-7-8(14(2)3-4-15)12-10(11)13-9(7)16-6/h5,15H,3-4H2,1-2H3. The van der Waals surface area contributed by atoms with Crippen LogP contribution in [-0.2, 0) is 0 Å². The summed E-state index contributed by atoms with van der Waals surface area (Å²) in [5, 5.41) is 10.2. The zero-order chi connectivity index (χ0) is 11.7. The highest BCUT2D eigenvalue weighted by atomic mass is 35.5. The highest BCUT2D eigenvalue weighted by Crippen LogP contribution is 2.30. The highest BCUT2D eigenvalue weighted by molar-refractivity contribution is 7.18. The van der Waals surface area contributed by atoms with E-state index in [0.29, 0.717) is 6.54 Å². The molecule has 0 amide bonds. The van der Waals surface area contributed by atoms with Gasteiger partial charge in [0.15, 0.2) is 0 Å². The van der Waals surface area contributed by atoms with Gasteiger partial charge >= 0.3 is 0 Å². The van der Waals surface area contributed by atoms with Gasteiger partial charge in [-0.2, -0.15) is 4.98 Å². The van der Waals surface area contributed by atoms with Gasteiger partial charge in [0.05, 0.1) is 12.0 Å². The summed E-state index contributed by atoms with van der Waals surface area (Å²) in [5.41, 5.74) is 0. The van der Waals surface area contributed by atoms with Gasteiger partial charge in [0.25, 0.3) is 0 Å². The number of thiophene rings is 1. The summed E-state index contributed by atoms with van der Waals surface area (Å²) in [6.45, 7) is 2.64. The normalized spacial score (nSPS) is 11.0. The molecule has 2 heterocycles. The number of aliphatic hydroxyl groups excluding tert-OH is 1. The molecular weight excluding hydrogens is 246 g/mol. The SMILES string of the molecule is Cc1cc2c(N(C)CCO)nc(Cl)nc2s1. The Morgan fingerprint density at radius 2 is 2.25 bits per heavy atom. The van der Waals surface area contributed by atoms with E-state index in [-0.39, 0.29) is 11.9 Å². The van der Waals surface area contributed by atoms with Crippen LogP contribution >= 0.6 is 22.9 Å². The maximum atomic E-state index is 8.93. The van der Waals surface area contributed by atoms with E-state index < -0.39 is 0 Å². The molecule has 16 heavy (non-hydrogen) atoms. The van der Waals surface area contributed by atoms with E-state index in [1.54, 1.807) is 11.3 Å². The van der Waals surface area contributed by atoms with E-state index in [1.807, 2.05) is 24.9 Å². The van der Waals surface area contributed by atoms with Crippen LogP contribution in [0.5, 0.6) is 0 Å². The van der Waals surface area contributed by atoms with E-state index in [2.05, 4.69) is 9.97 Å². The van der Waals surface area contributed by atoms with E-state index >= 15 is 0 Å². The summed E-state index contributed by atoms with van der Waals surface area (Å²) >= 11 is 7.46. The molecule has 0 aliphatic heterocycles. The van der Waals surface area contributed by atoms with Gasteiger partial charge in [-0.1, -0.05) is 0 Å². The fourth-order valence-corrected chi connectivity index (χ4v) is 2.64. The number of nitrogens with zero attached hydrogens (tertiary/aromatic N) is 3. The molecule has 2 aromatic rings. The fraction of sp³-hybridized carbons (Fsp3) is 0.400. The second-order valence-electron chi connectivity index (χ2n) is 3.54. The van der Waals surface area contributed by atoms with Crippen molar-refractivity contribution in [3.63, 3.8) is 0 Å². The van der Waals surface area contributed by atoms with Crippen LogP contribution in [0.4, 0.5) is 5.82 Å². The highest BCUT2D eigenvalue weighted by Gasteiger charge is 2.12. The second kappa shape index (κ2) is 4.53. The molecule has 0 saturated heterocycles. The lowest BCUT2D eigenvalue weighted by Crippen LogP contribution is -2.22. The summed E-state index contributed by atoms with van der Waals surface area (Å²) in [6.07, 6.45) is 0. The molecule has 4 nitrogen and oxygen atoms in total. The van der Waals surface area contributed by atoms with Crippen molar-refractivity contribution in [3.05, 3.63) is 16.2 Å². The number of halogens is 1. The molecule has 86 valence electrons. The van der Waals surface area contributed by atoms with Crippen molar-refractivity contribution >= 4 is 39.0 Å². The number of aryl methyl sites for hydroxylation is 1. The number of hydrogen-bond donors (Lipinski definition) is 1. The summed E-state index contributed by atoms with van der Waals surface area (Å²) in [4.78, 5) is 12.3. The molecule has 0 unspecified atom stereocenters. The topological polar surface area (TPSA) is 49.2 Å². The Balaban J connectivity index is 2.57. The van der Waals surface area contributed by atoms with Gasteiger partial charge in [0.1, 0.15) is 10.6 Å². The molecular formula is C10H12ClN3OS. The van der Waals surface area contributed by atoms with Gasteiger partial charge in [-0.15, -0.1) is 11.3 Å². The van der Waals surface area contributed by atoms with E-state index in [1.165, 1.54) is 4.88 Å². The van der Waals surface area contributed by atoms with Crippen LogP contribution in [-0.4, -0.2) is 35.3 Å². The van der Waals surface area contributed by atoms with Gasteiger partial charge < -0.3 is 10.0 Å². The van der Waals surface area contributed by atoms with Crippen molar-refractivity contribution in [2.75, 3.05) is 25.1 Å². The first-order chi connectivity index (χ1) is 7.61. The lowest BCUT2D eigenvalue weighted by molar-refractivity contribution is 0.304. The Labute approximate surface area is 103 Å². The molecule has 0 fully saturated rings. The first-order valence-electron chi connectivity index (χ1n) is 4.87. The predicted octanol–water partition coefficient (Wildman–Crippen LogP) is 2.08.